The number of hydrogen-bond donors (Lipinski definition) is 1. The topological polar surface area (TPSA) is 93.9 Å². The highest BCUT2D eigenvalue weighted by molar-refractivity contribution is 5.89. The van der Waals surface area contributed by atoms with E-state index in [0.29, 0.717) is 36.9 Å². The highest BCUT2D eigenvalue weighted by Crippen LogP contribution is 2.31. The molecule has 2 amide bonds. The lowest BCUT2D eigenvalue weighted by molar-refractivity contribution is -0.384. The third-order valence-corrected chi connectivity index (χ3v) is 3.97. The van der Waals surface area contributed by atoms with Gasteiger partial charge in [-0.1, -0.05) is 18.2 Å². The van der Waals surface area contributed by atoms with Crippen molar-refractivity contribution in [3.8, 4) is 11.5 Å². The zero-order valence-corrected chi connectivity index (χ0v) is 14.3. The molecular formula is C18H19N3O5. The number of anilines is 1. The van der Waals surface area contributed by atoms with Crippen LogP contribution in [0.2, 0.25) is 0 Å². The van der Waals surface area contributed by atoms with Gasteiger partial charge in [-0.2, -0.15) is 0 Å². The van der Waals surface area contributed by atoms with E-state index in [1.165, 1.54) is 18.2 Å². The molecule has 0 saturated carbocycles. The van der Waals surface area contributed by atoms with Crippen molar-refractivity contribution >= 4 is 17.4 Å². The van der Waals surface area contributed by atoms with Crippen LogP contribution in [0.5, 0.6) is 11.5 Å². The summed E-state index contributed by atoms with van der Waals surface area (Å²) in [6.45, 7) is 3.00. The van der Waals surface area contributed by atoms with E-state index in [1.807, 2.05) is 31.2 Å². The van der Waals surface area contributed by atoms with E-state index in [9.17, 15) is 14.9 Å². The number of likely N-dealkylation sites (N-methyl/N-ethyl adjacent to an activating group) is 1. The minimum atomic E-state index is -0.502. The molecule has 2 aromatic rings. The lowest BCUT2D eigenvalue weighted by atomic mass is 10.2. The number of non-ortho nitro benzene ring substituents is 1. The Morgan fingerprint density at radius 1 is 1.27 bits per heavy atom. The summed E-state index contributed by atoms with van der Waals surface area (Å²) in [6, 6.07) is 12.9. The van der Waals surface area contributed by atoms with Gasteiger partial charge in [-0.3, -0.25) is 10.1 Å². The summed E-state index contributed by atoms with van der Waals surface area (Å²) in [5.41, 5.74) is 0.292. The zero-order valence-electron chi connectivity index (χ0n) is 14.3. The predicted octanol–water partition coefficient (Wildman–Crippen LogP) is 3.29. The lowest BCUT2D eigenvalue weighted by Gasteiger charge is -2.30. The van der Waals surface area contributed by atoms with E-state index in [-0.39, 0.29) is 17.8 Å². The molecule has 8 nitrogen and oxygen atoms in total. The number of nitro benzene ring substituents is 1. The van der Waals surface area contributed by atoms with E-state index in [2.05, 4.69) is 5.32 Å². The Hall–Kier alpha value is -3.29. The van der Waals surface area contributed by atoms with Gasteiger partial charge in [0.15, 0.2) is 17.6 Å². The van der Waals surface area contributed by atoms with Crippen LogP contribution in [-0.2, 0) is 0 Å². The number of benzene rings is 2. The lowest BCUT2D eigenvalue weighted by Crippen LogP contribution is -2.45. The van der Waals surface area contributed by atoms with E-state index in [0.717, 1.165) is 0 Å². The second-order valence-electron chi connectivity index (χ2n) is 5.77. The highest BCUT2D eigenvalue weighted by atomic mass is 16.6. The van der Waals surface area contributed by atoms with E-state index in [4.69, 9.17) is 9.47 Å². The van der Waals surface area contributed by atoms with Gasteiger partial charge >= 0.3 is 6.03 Å². The number of carbonyl (C=O) groups is 1. The molecule has 1 aliphatic heterocycles. The summed E-state index contributed by atoms with van der Waals surface area (Å²) in [6.07, 6.45) is -0.291. The molecule has 1 aliphatic rings. The van der Waals surface area contributed by atoms with Gasteiger partial charge < -0.3 is 19.7 Å². The Kier molecular flexibility index (Phi) is 5.21. The molecule has 1 atom stereocenters. The molecule has 0 spiro atoms. The average molecular weight is 357 g/mol. The minimum absolute atomic E-state index is 0.0773. The SMILES string of the molecule is CCN(C[C@@H]1COc2ccccc2O1)C(=O)Nc1cccc([N+](=O)[O-])c1. The number of rotatable bonds is 5. The monoisotopic (exact) mass is 357 g/mol. The first-order valence-electron chi connectivity index (χ1n) is 8.25. The molecule has 8 heteroatoms. The fraction of sp³-hybridized carbons (Fsp3) is 0.278. The van der Waals surface area contributed by atoms with Gasteiger partial charge in [-0.15, -0.1) is 0 Å². The van der Waals surface area contributed by atoms with Gasteiger partial charge in [0.1, 0.15) is 6.61 Å². The van der Waals surface area contributed by atoms with Crippen molar-refractivity contribution < 1.29 is 19.2 Å². The molecule has 1 N–H and O–H groups in total. The van der Waals surface area contributed by atoms with Gasteiger partial charge in [0.25, 0.3) is 5.69 Å². The Morgan fingerprint density at radius 3 is 2.77 bits per heavy atom. The maximum atomic E-state index is 12.5. The fourth-order valence-corrected chi connectivity index (χ4v) is 2.65. The standard InChI is InChI=1S/C18H19N3O5/c1-2-20(11-15-12-25-16-8-3-4-9-17(16)26-15)18(22)19-13-6-5-7-14(10-13)21(23)24/h3-10,15H,2,11-12H2,1H3,(H,19,22)/t15-/m1/s1. The molecule has 26 heavy (non-hydrogen) atoms. The first-order chi connectivity index (χ1) is 12.6. The Labute approximate surface area is 150 Å². The molecular weight excluding hydrogens is 338 g/mol. The van der Waals surface area contributed by atoms with Crippen molar-refractivity contribution in [3.63, 3.8) is 0 Å². The number of nitrogens with one attached hydrogen (secondary N) is 1. The Morgan fingerprint density at radius 2 is 2.04 bits per heavy atom. The number of hydrogen-bond acceptors (Lipinski definition) is 5. The number of para-hydroxylation sites is 2. The number of nitro groups is 1. The quantitative estimate of drug-likeness (QED) is 0.654. The molecule has 0 radical (unpaired) electrons. The van der Waals surface area contributed by atoms with Crippen molar-refractivity contribution in [2.24, 2.45) is 0 Å². The normalized spacial score (nSPS) is 15.2. The number of ether oxygens (including phenoxy) is 2. The first-order valence-corrected chi connectivity index (χ1v) is 8.25. The van der Waals surface area contributed by atoms with Gasteiger partial charge in [0, 0.05) is 24.4 Å². The van der Waals surface area contributed by atoms with E-state index < -0.39 is 4.92 Å². The van der Waals surface area contributed by atoms with Crippen molar-refractivity contribution in [1.29, 1.82) is 0 Å². The Balaban J connectivity index is 1.63. The van der Waals surface area contributed by atoms with Crippen molar-refractivity contribution in [1.82, 2.24) is 4.90 Å². The van der Waals surface area contributed by atoms with Gasteiger partial charge in [-0.05, 0) is 25.1 Å². The average Bonchev–Trinajstić information content (AvgIpc) is 2.66. The number of fused-ring (bicyclic) bond motifs is 1. The molecule has 0 aromatic heterocycles. The molecule has 0 fully saturated rings. The predicted molar refractivity (Wildman–Crippen MR) is 95.7 cm³/mol. The minimum Gasteiger partial charge on any atom is -0.486 e. The van der Waals surface area contributed by atoms with Gasteiger partial charge in [-0.25, -0.2) is 4.79 Å². The van der Waals surface area contributed by atoms with Crippen LogP contribution >= 0.6 is 0 Å². The summed E-state index contributed by atoms with van der Waals surface area (Å²) in [4.78, 5) is 24.4. The van der Waals surface area contributed by atoms with Gasteiger partial charge in [0.05, 0.1) is 11.5 Å². The zero-order chi connectivity index (χ0) is 18.5. The summed E-state index contributed by atoms with van der Waals surface area (Å²) < 4.78 is 11.5. The van der Waals surface area contributed by atoms with E-state index in [1.54, 1.807) is 11.0 Å². The molecule has 3 rings (SSSR count). The van der Waals surface area contributed by atoms with Gasteiger partial charge in [0.2, 0.25) is 0 Å². The summed E-state index contributed by atoms with van der Waals surface area (Å²) in [5.74, 6) is 1.34. The molecule has 136 valence electrons. The third-order valence-electron chi connectivity index (χ3n) is 3.97. The number of urea groups is 1. The number of carbonyl (C=O) groups excluding carboxylic acids is 1. The third kappa shape index (κ3) is 4.02. The summed E-state index contributed by atoms with van der Waals surface area (Å²) in [5, 5.41) is 13.5. The summed E-state index contributed by atoms with van der Waals surface area (Å²) >= 11 is 0. The van der Waals surface area contributed by atoms with Crippen LogP contribution < -0.4 is 14.8 Å². The van der Waals surface area contributed by atoms with Crippen LogP contribution in [0, 0.1) is 10.1 Å². The highest BCUT2D eigenvalue weighted by Gasteiger charge is 2.25. The van der Waals surface area contributed by atoms with Crippen LogP contribution in [0.1, 0.15) is 6.92 Å². The molecule has 2 aromatic carbocycles. The van der Waals surface area contributed by atoms with Crippen LogP contribution in [0.3, 0.4) is 0 Å². The molecule has 0 unspecified atom stereocenters. The van der Waals surface area contributed by atoms with Crippen molar-refractivity contribution in [3.05, 3.63) is 58.6 Å². The smallest absolute Gasteiger partial charge is 0.321 e. The molecule has 0 saturated heterocycles. The maximum Gasteiger partial charge on any atom is 0.321 e. The largest absolute Gasteiger partial charge is 0.486 e. The number of amides is 2. The summed E-state index contributed by atoms with van der Waals surface area (Å²) in [7, 11) is 0. The van der Waals surface area contributed by atoms with Crippen molar-refractivity contribution in [2.45, 2.75) is 13.0 Å². The molecule has 0 bridgehead atoms. The molecule has 1 heterocycles. The maximum absolute atomic E-state index is 12.5. The second kappa shape index (κ2) is 7.73. The van der Waals surface area contributed by atoms with E-state index >= 15 is 0 Å². The van der Waals surface area contributed by atoms with Crippen LogP contribution in [0.25, 0.3) is 0 Å². The first kappa shape index (κ1) is 17.5. The van der Waals surface area contributed by atoms with Crippen LogP contribution in [0.15, 0.2) is 48.5 Å². The fourth-order valence-electron chi connectivity index (χ4n) is 2.65. The van der Waals surface area contributed by atoms with Crippen LogP contribution in [-0.4, -0.2) is 41.7 Å². The number of nitrogens with zero attached hydrogens (tertiary/aromatic N) is 2. The molecule has 0 aliphatic carbocycles. The second-order valence-corrected chi connectivity index (χ2v) is 5.77. The van der Waals surface area contributed by atoms with Crippen LogP contribution in [0.4, 0.5) is 16.2 Å². The Bertz CT molecular complexity index is 811. The van der Waals surface area contributed by atoms with Crippen molar-refractivity contribution in [2.75, 3.05) is 25.0 Å².